The number of phenolic OH excluding ortho intramolecular Hbond substituents is 1. The van der Waals surface area contributed by atoms with Crippen molar-refractivity contribution >= 4 is 56.1 Å². The van der Waals surface area contributed by atoms with Crippen molar-refractivity contribution < 1.29 is 28.2 Å². The molecule has 8 heterocycles. The van der Waals surface area contributed by atoms with Crippen LogP contribution >= 0.6 is 0 Å². The zero-order valence-electron chi connectivity index (χ0n) is 39.1. The second kappa shape index (κ2) is 17.7. The molecule has 6 aromatic rings. The summed E-state index contributed by atoms with van der Waals surface area (Å²) in [7, 11) is 0. The first kappa shape index (κ1) is 44.1. The molecule has 6 fully saturated rings. The number of carbonyl (C=O) groups excluding carboxylic acids is 2. The quantitative estimate of drug-likeness (QED) is 0.126. The van der Waals surface area contributed by atoms with Crippen molar-refractivity contribution in [2.24, 2.45) is 11.3 Å². The molecule has 0 radical (unpaired) electrons. The molecule has 16 nitrogen and oxygen atoms in total. The summed E-state index contributed by atoms with van der Waals surface area (Å²) in [4.78, 5) is 61.4. The summed E-state index contributed by atoms with van der Waals surface area (Å²) in [5.74, 6) is -0.592. The number of phenols is 1. The Bertz CT molecular complexity index is 3030. The number of carbonyl (C=O) groups is 2. The zero-order valence-corrected chi connectivity index (χ0v) is 39.1. The van der Waals surface area contributed by atoms with Crippen LogP contribution in [0.1, 0.15) is 69.9 Å². The van der Waals surface area contributed by atoms with Crippen molar-refractivity contribution in [3.8, 4) is 23.0 Å². The highest BCUT2D eigenvalue weighted by molar-refractivity contribution is 6.02. The molecular formula is C52H59FN10O6. The van der Waals surface area contributed by atoms with E-state index in [0.717, 1.165) is 132 Å². The number of rotatable bonds is 12. The largest absolute Gasteiger partial charge is 0.508 e. The maximum atomic E-state index is 17.2. The molecule has 69 heavy (non-hydrogen) atoms. The number of hydrogen-bond acceptors (Lipinski definition) is 14. The van der Waals surface area contributed by atoms with Crippen LogP contribution in [0, 0.1) is 17.2 Å². The van der Waals surface area contributed by atoms with E-state index in [9.17, 15) is 19.5 Å². The molecule has 2 bridgehead atoms. The molecule has 3 N–H and O–H groups in total. The zero-order chi connectivity index (χ0) is 47.0. The Morgan fingerprint density at radius 1 is 0.899 bits per heavy atom. The van der Waals surface area contributed by atoms with E-state index >= 15 is 4.39 Å². The van der Waals surface area contributed by atoms with Crippen molar-refractivity contribution in [1.82, 2.24) is 40.0 Å². The lowest BCUT2D eigenvalue weighted by Crippen LogP contribution is -2.51. The van der Waals surface area contributed by atoms with Crippen LogP contribution in [0.4, 0.5) is 15.9 Å². The van der Waals surface area contributed by atoms with E-state index in [1.807, 2.05) is 36.4 Å². The average Bonchev–Trinajstić information content (AvgIpc) is 3.93. The summed E-state index contributed by atoms with van der Waals surface area (Å²) in [6.07, 6.45) is 9.52. The number of nitrogens with zero attached hydrogens (tertiary/aromatic N) is 8. The molecule has 3 aromatic carbocycles. The molecule has 6 aliphatic rings. The third-order valence-corrected chi connectivity index (χ3v) is 15.9. The first-order chi connectivity index (χ1) is 33.6. The van der Waals surface area contributed by atoms with Crippen LogP contribution in [0.3, 0.4) is 0 Å². The number of piperidine rings is 2. The van der Waals surface area contributed by atoms with Crippen LogP contribution in [-0.2, 0) is 16.0 Å². The molecule has 3 aromatic heterocycles. The predicted octanol–water partition coefficient (Wildman–Crippen LogP) is 5.77. The topological polar surface area (TPSA) is 174 Å². The first-order valence-corrected chi connectivity index (χ1v) is 25.0. The van der Waals surface area contributed by atoms with Crippen LogP contribution < -0.4 is 30.9 Å². The van der Waals surface area contributed by atoms with Crippen LogP contribution in [0.2, 0.25) is 0 Å². The van der Waals surface area contributed by atoms with Crippen LogP contribution in [0.5, 0.6) is 11.8 Å². The van der Waals surface area contributed by atoms with E-state index < -0.39 is 23.5 Å². The molecule has 360 valence electrons. The Labute approximate surface area is 398 Å². The van der Waals surface area contributed by atoms with Gasteiger partial charge in [0.05, 0.1) is 17.5 Å². The fourth-order valence-corrected chi connectivity index (χ4v) is 12.0. The Balaban J connectivity index is 0.687. The molecule has 5 saturated heterocycles. The number of aryl methyl sites for hydroxylation is 1. The standard InChI is InChI=1S/C52H59FN10O6/c1-2-32-4-3-5-33-22-37(64)24-38(44(32)33)46-45(53)47-39(25-54-46)48(62-27-34-6-7-35(28-62)55-34)58-50(57-47)68-30-52(14-15-52)29-60-16-12-31(13-17-60)26-59-18-20-61(21-19-59)36-8-9-40-42(23-36)69-51(67)63(40)41-10-11-43(65)56-49(41)66/h3-5,8-9,22-25,31,34-35,41,55,64H,2,6-7,10-21,26-30H2,1H3,(H,56,65,66). The number of anilines is 2. The third kappa shape index (κ3) is 8.45. The van der Waals surface area contributed by atoms with Crippen LogP contribution in [0.15, 0.2) is 63.9 Å². The molecule has 2 amide bonds. The number of oxazole rings is 1. The highest BCUT2D eigenvalue weighted by Crippen LogP contribution is 2.47. The number of amides is 2. The number of likely N-dealkylation sites (tertiary alicyclic amines) is 1. The second-order valence-corrected chi connectivity index (χ2v) is 20.6. The minimum absolute atomic E-state index is 0.00783. The fourth-order valence-electron chi connectivity index (χ4n) is 12.0. The van der Waals surface area contributed by atoms with Gasteiger partial charge in [-0.1, -0.05) is 25.1 Å². The van der Waals surface area contributed by atoms with Gasteiger partial charge in [0.2, 0.25) is 11.8 Å². The van der Waals surface area contributed by atoms with Gasteiger partial charge >= 0.3 is 11.8 Å². The number of piperazine rings is 2. The number of aromatic hydroxyl groups is 1. The van der Waals surface area contributed by atoms with Gasteiger partial charge in [-0.3, -0.25) is 29.4 Å². The van der Waals surface area contributed by atoms with Gasteiger partial charge in [0, 0.05) is 99.8 Å². The average molecular weight is 939 g/mol. The fraction of sp³-hybridized carbons (Fsp3) is 0.500. The number of ether oxygens (including phenoxy) is 1. The summed E-state index contributed by atoms with van der Waals surface area (Å²) in [5, 5.41) is 19.1. The molecule has 3 unspecified atom stereocenters. The minimum atomic E-state index is -0.763. The van der Waals surface area contributed by atoms with Gasteiger partial charge in [0.15, 0.2) is 11.4 Å². The molecule has 0 spiro atoms. The number of nitrogens with one attached hydrogen (secondary N) is 2. The normalized spacial score (nSPS) is 23.4. The Kier molecular flexibility index (Phi) is 11.3. The third-order valence-electron chi connectivity index (χ3n) is 15.9. The van der Waals surface area contributed by atoms with Gasteiger partial charge in [0.1, 0.15) is 28.8 Å². The summed E-state index contributed by atoms with van der Waals surface area (Å²) in [6, 6.07) is 15.1. The van der Waals surface area contributed by atoms with Crippen LogP contribution in [0.25, 0.3) is 44.0 Å². The maximum Gasteiger partial charge on any atom is 0.420 e. The van der Waals surface area contributed by atoms with E-state index in [0.29, 0.717) is 52.5 Å². The van der Waals surface area contributed by atoms with Crippen molar-refractivity contribution in [2.75, 3.05) is 81.9 Å². The summed E-state index contributed by atoms with van der Waals surface area (Å²) >= 11 is 0. The van der Waals surface area contributed by atoms with Gasteiger partial charge in [-0.05, 0) is 111 Å². The lowest BCUT2D eigenvalue weighted by molar-refractivity contribution is -0.135. The molecular weight excluding hydrogens is 880 g/mol. The number of aromatic nitrogens is 4. The predicted molar refractivity (Wildman–Crippen MR) is 260 cm³/mol. The van der Waals surface area contributed by atoms with E-state index in [-0.39, 0.29) is 47.1 Å². The first-order valence-electron chi connectivity index (χ1n) is 25.0. The summed E-state index contributed by atoms with van der Waals surface area (Å²) < 4.78 is 30.7. The Hall–Kier alpha value is -6.17. The lowest BCUT2D eigenvalue weighted by atomic mass is 9.94. The van der Waals surface area contributed by atoms with Crippen molar-refractivity contribution in [1.29, 1.82) is 0 Å². The van der Waals surface area contributed by atoms with Crippen molar-refractivity contribution in [2.45, 2.75) is 82.8 Å². The van der Waals surface area contributed by atoms with E-state index in [4.69, 9.17) is 24.1 Å². The highest BCUT2D eigenvalue weighted by atomic mass is 19.1. The Morgan fingerprint density at radius 2 is 1.70 bits per heavy atom. The molecule has 3 atom stereocenters. The van der Waals surface area contributed by atoms with Gasteiger partial charge in [-0.2, -0.15) is 9.97 Å². The number of imide groups is 1. The summed E-state index contributed by atoms with van der Waals surface area (Å²) in [6.45, 7) is 11.8. The SMILES string of the molecule is CCc1cccc2cc(O)cc(-c3ncc4c(N5CC6CCC(C5)N6)nc(OCC5(CN6CCC(CN7CCN(c8ccc9c(c8)oc(=O)n9C8CCC(=O)NC8=O)CC7)CC6)CC5)nc4c3F)c12. The Morgan fingerprint density at radius 3 is 2.45 bits per heavy atom. The van der Waals surface area contributed by atoms with Gasteiger partial charge in [-0.15, -0.1) is 0 Å². The second-order valence-electron chi connectivity index (χ2n) is 20.6. The van der Waals surface area contributed by atoms with E-state index in [2.05, 4.69) is 37.2 Å². The highest BCUT2D eigenvalue weighted by Gasteiger charge is 2.46. The van der Waals surface area contributed by atoms with E-state index in [1.54, 1.807) is 18.3 Å². The van der Waals surface area contributed by atoms with Crippen LogP contribution in [-0.4, -0.2) is 130 Å². The lowest BCUT2D eigenvalue weighted by Gasteiger charge is -2.40. The number of benzene rings is 3. The summed E-state index contributed by atoms with van der Waals surface area (Å²) in [5.41, 5.74) is 3.92. The molecule has 5 aliphatic heterocycles. The monoisotopic (exact) mass is 938 g/mol. The number of hydrogen-bond donors (Lipinski definition) is 3. The van der Waals surface area contributed by atoms with Crippen molar-refractivity contribution in [3.05, 3.63) is 76.7 Å². The van der Waals surface area contributed by atoms with Gasteiger partial charge in [0.25, 0.3) is 0 Å². The molecule has 12 rings (SSSR count). The molecule has 17 heteroatoms. The maximum absolute atomic E-state index is 17.2. The molecule has 1 aliphatic carbocycles. The number of halogens is 1. The van der Waals surface area contributed by atoms with Crippen molar-refractivity contribution in [3.63, 3.8) is 0 Å². The number of pyridine rings is 1. The smallest absolute Gasteiger partial charge is 0.420 e. The van der Waals surface area contributed by atoms with Gasteiger partial charge < -0.3 is 34.3 Å². The minimum Gasteiger partial charge on any atom is -0.508 e. The van der Waals surface area contributed by atoms with E-state index in [1.165, 1.54) is 4.57 Å². The van der Waals surface area contributed by atoms with Gasteiger partial charge in [-0.25, -0.2) is 9.18 Å². The number of fused-ring (bicyclic) bond motifs is 5. The molecule has 1 saturated carbocycles.